The van der Waals surface area contributed by atoms with E-state index in [2.05, 4.69) is 0 Å². The van der Waals surface area contributed by atoms with Gasteiger partial charge in [-0.2, -0.15) is 0 Å². The average Bonchev–Trinajstić information content (AvgIpc) is 2.41. The number of aliphatic hydroxyl groups excluding tert-OH is 1. The molecule has 0 aromatic carbocycles. The van der Waals surface area contributed by atoms with Crippen molar-refractivity contribution in [3.05, 3.63) is 22.6 Å². The molecule has 0 aliphatic carbocycles. The molecule has 14 heavy (non-hydrogen) atoms. The van der Waals surface area contributed by atoms with Crippen LogP contribution in [0.3, 0.4) is 0 Å². The molecule has 1 rings (SSSR count). The summed E-state index contributed by atoms with van der Waals surface area (Å²) in [6.07, 6.45) is -2.66. The number of hydrogen-bond acceptors (Lipinski definition) is 2. The van der Waals surface area contributed by atoms with Gasteiger partial charge in [0.1, 0.15) is 5.76 Å². The maximum absolute atomic E-state index is 12.5. The molecule has 0 spiro atoms. The van der Waals surface area contributed by atoms with Crippen molar-refractivity contribution in [1.82, 2.24) is 0 Å². The Morgan fingerprint density at radius 2 is 1.93 bits per heavy atom. The summed E-state index contributed by atoms with van der Waals surface area (Å²) in [6.45, 7) is 5.00. The Labute approximate surface area is 81.5 Å². The quantitative estimate of drug-likeness (QED) is 0.820. The van der Waals surface area contributed by atoms with Gasteiger partial charge in [0.2, 0.25) is 0 Å². The van der Waals surface area contributed by atoms with E-state index in [1.165, 1.54) is 0 Å². The number of halogens is 2. The first-order chi connectivity index (χ1) is 6.49. The molecule has 0 radical (unpaired) electrons. The van der Waals surface area contributed by atoms with Crippen LogP contribution in [0.2, 0.25) is 0 Å². The average molecular weight is 204 g/mol. The van der Waals surface area contributed by atoms with Crippen molar-refractivity contribution in [1.29, 1.82) is 0 Å². The third-order valence-corrected chi connectivity index (χ3v) is 2.20. The largest absolute Gasteiger partial charge is 0.460 e. The highest BCUT2D eigenvalue weighted by atomic mass is 19.3. The fourth-order valence-electron chi connectivity index (χ4n) is 1.72. The van der Waals surface area contributed by atoms with Crippen LogP contribution in [-0.2, 0) is 6.61 Å². The van der Waals surface area contributed by atoms with E-state index >= 15 is 0 Å². The zero-order valence-corrected chi connectivity index (χ0v) is 8.47. The van der Waals surface area contributed by atoms with Gasteiger partial charge in [0.25, 0.3) is 6.43 Å². The van der Waals surface area contributed by atoms with Crippen molar-refractivity contribution in [3.8, 4) is 0 Å². The number of aryl methyl sites for hydroxylation is 1. The van der Waals surface area contributed by atoms with Crippen LogP contribution in [-0.4, -0.2) is 5.11 Å². The summed E-state index contributed by atoms with van der Waals surface area (Å²) in [5, 5.41) is 9.02. The fourth-order valence-corrected chi connectivity index (χ4v) is 1.72. The van der Waals surface area contributed by atoms with Gasteiger partial charge in [-0.25, -0.2) is 8.78 Å². The van der Waals surface area contributed by atoms with Gasteiger partial charge in [-0.3, -0.25) is 0 Å². The number of alkyl halides is 2. The minimum absolute atomic E-state index is 0.0772. The highest BCUT2D eigenvalue weighted by Crippen LogP contribution is 2.34. The smallest absolute Gasteiger partial charge is 0.295 e. The van der Waals surface area contributed by atoms with Gasteiger partial charge < -0.3 is 9.52 Å². The SMILES string of the molecule is Cc1oc(C(F)F)c(CO)c1C(C)C. The van der Waals surface area contributed by atoms with Crippen LogP contribution >= 0.6 is 0 Å². The fraction of sp³-hybridized carbons (Fsp3) is 0.600. The summed E-state index contributed by atoms with van der Waals surface area (Å²) < 4.78 is 29.9. The molecule has 1 heterocycles. The van der Waals surface area contributed by atoms with Crippen LogP contribution in [0.4, 0.5) is 8.78 Å². The van der Waals surface area contributed by atoms with E-state index in [9.17, 15) is 8.78 Å². The highest BCUT2D eigenvalue weighted by Gasteiger charge is 2.24. The van der Waals surface area contributed by atoms with E-state index in [1.54, 1.807) is 6.92 Å². The molecular formula is C10H14F2O2. The standard InChI is InChI=1S/C10H14F2O2/c1-5(2)8-6(3)14-9(10(11)12)7(8)4-13/h5,10,13H,4H2,1-3H3. The summed E-state index contributed by atoms with van der Waals surface area (Å²) in [5.74, 6) is 0.154. The molecule has 0 atom stereocenters. The van der Waals surface area contributed by atoms with Gasteiger partial charge >= 0.3 is 0 Å². The monoisotopic (exact) mass is 204 g/mol. The van der Waals surface area contributed by atoms with Crippen LogP contribution in [0.15, 0.2) is 4.42 Å². The van der Waals surface area contributed by atoms with Crippen LogP contribution in [0, 0.1) is 6.92 Å². The summed E-state index contributed by atoms with van der Waals surface area (Å²) in [6, 6.07) is 0. The third-order valence-electron chi connectivity index (χ3n) is 2.20. The van der Waals surface area contributed by atoms with Gasteiger partial charge in [0.15, 0.2) is 5.76 Å². The molecule has 0 fully saturated rings. The third kappa shape index (κ3) is 1.80. The van der Waals surface area contributed by atoms with E-state index < -0.39 is 18.8 Å². The lowest BCUT2D eigenvalue weighted by Gasteiger charge is -2.05. The van der Waals surface area contributed by atoms with E-state index in [1.807, 2.05) is 13.8 Å². The minimum atomic E-state index is -2.66. The van der Waals surface area contributed by atoms with E-state index in [-0.39, 0.29) is 11.5 Å². The van der Waals surface area contributed by atoms with Gasteiger partial charge in [0, 0.05) is 11.1 Å². The highest BCUT2D eigenvalue weighted by molar-refractivity contribution is 5.35. The molecule has 0 saturated heterocycles. The Kier molecular flexibility index (Phi) is 3.26. The summed E-state index contributed by atoms with van der Waals surface area (Å²) in [7, 11) is 0. The summed E-state index contributed by atoms with van der Waals surface area (Å²) >= 11 is 0. The Balaban J connectivity index is 3.28. The number of hydrogen-bond donors (Lipinski definition) is 1. The molecule has 80 valence electrons. The molecule has 1 N–H and O–H groups in total. The second kappa shape index (κ2) is 4.09. The van der Waals surface area contributed by atoms with Crippen LogP contribution in [0.25, 0.3) is 0 Å². The summed E-state index contributed by atoms with van der Waals surface area (Å²) in [4.78, 5) is 0. The topological polar surface area (TPSA) is 33.4 Å². The van der Waals surface area contributed by atoms with Crippen molar-refractivity contribution in [3.63, 3.8) is 0 Å². The van der Waals surface area contributed by atoms with Crippen molar-refractivity contribution >= 4 is 0 Å². The van der Waals surface area contributed by atoms with E-state index in [4.69, 9.17) is 9.52 Å². The van der Waals surface area contributed by atoms with Crippen molar-refractivity contribution < 1.29 is 18.3 Å². The van der Waals surface area contributed by atoms with Crippen molar-refractivity contribution in [2.45, 2.75) is 39.7 Å². The van der Waals surface area contributed by atoms with Crippen LogP contribution < -0.4 is 0 Å². The molecular weight excluding hydrogens is 190 g/mol. The Morgan fingerprint density at radius 3 is 2.29 bits per heavy atom. The number of furan rings is 1. The lowest BCUT2D eigenvalue weighted by Crippen LogP contribution is -1.97. The molecule has 0 saturated carbocycles. The summed E-state index contributed by atoms with van der Waals surface area (Å²) in [5.41, 5.74) is 0.940. The van der Waals surface area contributed by atoms with Gasteiger partial charge in [-0.05, 0) is 12.8 Å². The van der Waals surface area contributed by atoms with Crippen LogP contribution in [0.5, 0.6) is 0 Å². The lowest BCUT2D eigenvalue weighted by molar-refractivity contribution is 0.116. The van der Waals surface area contributed by atoms with Crippen molar-refractivity contribution in [2.24, 2.45) is 0 Å². The maximum Gasteiger partial charge on any atom is 0.295 e. The van der Waals surface area contributed by atoms with E-state index in [0.717, 1.165) is 0 Å². The molecule has 2 nitrogen and oxygen atoms in total. The maximum atomic E-state index is 12.5. The Hall–Kier alpha value is -0.900. The molecule has 0 bridgehead atoms. The lowest BCUT2D eigenvalue weighted by atomic mass is 9.98. The Bertz CT molecular complexity index is 316. The zero-order chi connectivity index (χ0) is 10.9. The molecule has 0 aliphatic rings. The first kappa shape index (κ1) is 11.2. The molecule has 4 heteroatoms. The van der Waals surface area contributed by atoms with E-state index in [0.29, 0.717) is 11.3 Å². The second-order valence-corrected chi connectivity index (χ2v) is 3.53. The first-order valence-corrected chi connectivity index (χ1v) is 4.50. The van der Waals surface area contributed by atoms with Gasteiger partial charge in [-0.1, -0.05) is 13.8 Å². The second-order valence-electron chi connectivity index (χ2n) is 3.53. The Morgan fingerprint density at radius 1 is 1.36 bits per heavy atom. The zero-order valence-electron chi connectivity index (χ0n) is 8.47. The molecule has 1 aromatic rings. The van der Waals surface area contributed by atoms with Gasteiger partial charge in [0.05, 0.1) is 6.61 Å². The van der Waals surface area contributed by atoms with Crippen molar-refractivity contribution in [2.75, 3.05) is 0 Å². The number of rotatable bonds is 3. The number of aliphatic hydroxyl groups is 1. The predicted molar refractivity (Wildman–Crippen MR) is 48.4 cm³/mol. The molecule has 1 aromatic heterocycles. The van der Waals surface area contributed by atoms with Gasteiger partial charge in [-0.15, -0.1) is 0 Å². The molecule has 0 aliphatic heterocycles. The minimum Gasteiger partial charge on any atom is -0.460 e. The molecule has 0 amide bonds. The molecule has 0 unspecified atom stereocenters. The predicted octanol–water partition coefficient (Wildman–Crippen LogP) is 3.14. The van der Waals surface area contributed by atoms with Crippen LogP contribution in [0.1, 0.15) is 48.8 Å². The normalized spacial score (nSPS) is 11.7. The first-order valence-electron chi connectivity index (χ1n) is 4.50.